The minimum absolute atomic E-state index is 0.490. The Hall–Kier alpha value is -8.15. The van der Waals surface area contributed by atoms with Crippen LogP contribution in [0.15, 0.2) is 218 Å². The van der Waals surface area contributed by atoms with Gasteiger partial charge in [-0.2, -0.15) is 9.97 Å². The third kappa shape index (κ3) is 5.60. The van der Waals surface area contributed by atoms with Gasteiger partial charge in [0.25, 0.3) is 0 Å². The first-order chi connectivity index (χ1) is 46.2. The van der Waals surface area contributed by atoms with Crippen LogP contribution in [0, 0.1) is 5.92 Å². The van der Waals surface area contributed by atoms with Crippen molar-refractivity contribution in [3.63, 3.8) is 0 Å². The number of fused-ring (bicyclic) bond motifs is 10. The number of hydrogen-bond acceptors (Lipinski definition) is 3. The molecule has 5 nitrogen and oxygen atoms in total. The summed E-state index contributed by atoms with van der Waals surface area (Å²) in [5.41, 5.74) is -9.30. The van der Waals surface area contributed by atoms with Gasteiger partial charge in [-0.1, -0.05) is 193 Å². The van der Waals surface area contributed by atoms with Crippen LogP contribution in [0.1, 0.15) is 77.9 Å². The average Bonchev–Trinajstić information content (AvgIpc) is 1.51. The van der Waals surface area contributed by atoms with Gasteiger partial charge in [0.2, 0.25) is 5.95 Å². The lowest BCUT2D eigenvalue weighted by atomic mass is 9.80. The summed E-state index contributed by atoms with van der Waals surface area (Å²) >= 11 is 0. The van der Waals surface area contributed by atoms with Gasteiger partial charge in [0.05, 0.1) is 71.4 Å². The van der Waals surface area contributed by atoms with Crippen molar-refractivity contribution >= 4 is 43.6 Å². The van der Waals surface area contributed by atoms with E-state index in [0.717, 1.165) is 4.57 Å². The summed E-state index contributed by atoms with van der Waals surface area (Å²) in [6.45, 7) is 0. The molecular formula is C58H39N5. The van der Waals surface area contributed by atoms with Gasteiger partial charge in [-0.25, -0.2) is 4.98 Å². The first-order valence-corrected chi connectivity index (χ1v) is 18.8. The van der Waals surface area contributed by atoms with Crippen molar-refractivity contribution in [1.82, 2.24) is 24.1 Å². The van der Waals surface area contributed by atoms with Crippen LogP contribution in [-0.2, 0) is 0 Å². The van der Waals surface area contributed by atoms with Crippen LogP contribution in [-0.4, -0.2) is 24.1 Å². The van der Waals surface area contributed by atoms with Crippen molar-refractivity contribution in [2.45, 2.75) is 11.8 Å². The molecule has 2 aliphatic rings. The van der Waals surface area contributed by atoms with E-state index in [1.54, 1.807) is 0 Å². The topological polar surface area (TPSA) is 48.5 Å². The zero-order valence-electron chi connectivity index (χ0n) is 67.5. The SMILES string of the molecule is [2H]C1=C([2H])C2c3c([2H])c([2H])c(-n4c5c([2H])c([2H])c([2H])c([2H])c5c5c([2H])c([2H])c6c7c([2H])c([2H])c([2H])c([2H])c7n(-c7nc(-c8c([2H])c([2H])c([2H])c([2H])c8[2H])nc(-c8c([2H])c([2H])c(-c9c([2H])c([2H])c([2H])c([2H])c9[2H])c([2H])c8[2H])n7)c6c54)c([2H])c3C(c3c([2H])c([2H])c([2H])c([2H])c3[2H])C2C([2H])=C1[2H]. The lowest BCUT2D eigenvalue weighted by molar-refractivity contribution is 0.567. The van der Waals surface area contributed by atoms with Crippen LogP contribution in [0.4, 0.5) is 0 Å². The summed E-state index contributed by atoms with van der Waals surface area (Å²) in [5.74, 6) is -8.55. The molecule has 0 spiro atoms. The summed E-state index contributed by atoms with van der Waals surface area (Å²) in [6.07, 6.45) is 0. The molecule has 11 aromatic rings. The number of benzene rings is 8. The molecule has 0 N–H and O–H groups in total. The van der Waals surface area contributed by atoms with Gasteiger partial charge in [0.1, 0.15) is 0 Å². The molecule has 3 unspecified atom stereocenters. The summed E-state index contributed by atoms with van der Waals surface area (Å²) in [5, 5.41) is -2.84. The first kappa shape index (κ1) is 15.0. The van der Waals surface area contributed by atoms with E-state index in [9.17, 15) is 23.3 Å². The maximum absolute atomic E-state index is 10.5. The quantitative estimate of drug-likeness (QED) is 0.168. The summed E-state index contributed by atoms with van der Waals surface area (Å²) in [6, 6.07) is -35.4. The minimum atomic E-state index is -1.94. The monoisotopic (exact) mass is 842 g/mol. The van der Waals surface area contributed by atoms with E-state index in [-0.39, 0.29) is 0 Å². The third-order valence-electron chi connectivity index (χ3n) is 10.7. The van der Waals surface area contributed by atoms with Crippen molar-refractivity contribution in [3.8, 4) is 45.5 Å². The van der Waals surface area contributed by atoms with Crippen LogP contribution in [0.25, 0.3) is 89.2 Å². The van der Waals surface area contributed by atoms with E-state index < -0.39 is 341 Å². The van der Waals surface area contributed by atoms with E-state index in [0.29, 0.717) is 4.57 Å². The predicted octanol–water partition coefficient (Wildman–Crippen LogP) is 14.0. The Morgan fingerprint density at radius 3 is 1.62 bits per heavy atom. The van der Waals surface area contributed by atoms with Gasteiger partial charge >= 0.3 is 0 Å². The van der Waals surface area contributed by atoms with Gasteiger partial charge in [0.15, 0.2) is 11.6 Å². The number of aromatic nitrogens is 5. The zero-order valence-corrected chi connectivity index (χ0v) is 31.5. The lowest BCUT2D eigenvalue weighted by Gasteiger charge is -2.23. The molecule has 3 heterocycles. The van der Waals surface area contributed by atoms with Gasteiger partial charge in [0, 0.05) is 50.2 Å². The molecular weight excluding hydrogens is 767 g/mol. The molecule has 13 rings (SSSR count). The molecule has 0 fully saturated rings. The van der Waals surface area contributed by atoms with Crippen molar-refractivity contribution in [2.75, 3.05) is 0 Å². The van der Waals surface area contributed by atoms with E-state index in [4.69, 9.17) is 26.0 Å². The van der Waals surface area contributed by atoms with Crippen LogP contribution in [0.5, 0.6) is 0 Å². The van der Waals surface area contributed by atoms with Crippen LogP contribution >= 0.6 is 0 Å². The number of para-hydroxylation sites is 2. The Kier molecular flexibility index (Phi) is 3.39. The molecule has 63 heavy (non-hydrogen) atoms. The van der Waals surface area contributed by atoms with Crippen molar-refractivity contribution in [2.24, 2.45) is 5.92 Å². The molecule has 0 saturated heterocycles. The highest BCUT2D eigenvalue weighted by molar-refractivity contribution is 6.23. The molecule has 3 aromatic heterocycles. The summed E-state index contributed by atoms with van der Waals surface area (Å²) in [4.78, 5) is 13.5. The molecule has 8 aromatic carbocycles. The van der Waals surface area contributed by atoms with Gasteiger partial charge in [-0.15, -0.1) is 0 Å². The number of nitrogens with zero attached hydrogens (tertiary/aromatic N) is 5. The Labute approximate surface area is 415 Å². The Bertz CT molecular complexity index is 5670. The molecule has 296 valence electrons. The fourth-order valence-electron chi connectivity index (χ4n) is 8.08. The average molecular weight is 842 g/mol. The fourth-order valence-corrected chi connectivity index (χ4v) is 8.08. The highest BCUT2D eigenvalue weighted by Gasteiger charge is 2.40. The van der Waals surface area contributed by atoms with E-state index in [1.165, 1.54) is 0 Å². The molecule has 5 heteroatoms. The largest absolute Gasteiger partial charge is 0.307 e. The first-order valence-electron chi connectivity index (χ1n) is 36.8. The highest BCUT2D eigenvalue weighted by Crippen LogP contribution is 2.53. The maximum atomic E-state index is 10.5. The molecule has 2 aliphatic carbocycles. The van der Waals surface area contributed by atoms with Crippen LogP contribution < -0.4 is 0 Å². The highest BCUT2D eigenvalue weighted by atomic mass is 15.2. The molecule has 0 radical (unpaired) electrons. The third-order valence-corrected chi connectivity index (χ3v) is 10.7. The number of rotatable bonds is 6. The second-order valence-corrected chi connectivity index (χ2v) is 14.0. The molecule has 0 amide bonds. The maximum Gasteiger partial charge on any atom is 0.238 e. The predicted molar refractivity (Wildman–Crippen MR) is 258 cm³/mol. The molecule has 3 atom stereocenters. The lowest BCUT2D eigenvalue weighted by Crippen LogP contribution is -2.11. The van der Waals surface area contributed by atoms with E-state index in [2.05, 4.69) is 15.0 Å². The standard InChI is InChI=1S/C58H39N5/c1-4-16-37(17-5-1)38-28-30-41(31-29-38)57-59-56(40-20-8-3-9-21-40)60-58(61-57)63-52-27-15-13-24-46(52)49-35-34-48-45-23-12-14-26-51(45)62(54(48)55(49)63)42-32-33-44-43-22-10-11-25-47(43)53(50(44)36-42)39-18-6-2-7-19-39/h1-36,43,47,53H/i1D,2D,3D,4D,5D,6D,7D,8D,9D,10D,11D,12D,13D,14D,15D,16D,17D,18D,19D,20D,21D,22D,23D,24D,25D,26D,27D,28D,29D,30D,31D,32D,33D,34D,35D,36D. The Balaban J connectivity index is 1.29. The molecule has 0 saturated carbocycles. The number of hydrogen-bond donors (Lipinski definition) is 0. The fraction of sp³-hybridized carbons (Fsp3) is 0.0517. The molecule has 0 bridgehead atoms. The van der Waals surface area contributed by atoms with E-state index in [1.807, 2.05) is 0 Å². The van der Waals surface area contributed by atoms with Gasteiger partial charge in [-0.05, 0) is 57.9 Å². The van der Waals surface area contributed by atoms with Crippen molar-refractivity contribution in [1.29, 1.82) is 0 Å². The smallest absolute Gasteiger partial charge is 0.238 e. The number of allylic oxidation sites excluding steroid dienone is 4. The van der Waals surface area contributed by atoms with Gasteiger partial charge < -0.3 is 4.57 Å². The summed E-state index contributed by atoms with van der Waals surface area (Å²) in [7, 11) is 0. The normalized spacial score (nSPS) is 25.2. The Morgan fingerprint density at radius 1 is 0.413 bits per heavy atom. The van der Waals surface area contributed by atoms with E-state index >= 15 is 0 Å². The minimum Gasteiger partial charge on any atom is -0.307 e. The van der Waals surface area contributed by atoms with Gasteiger partial charge in [-0.3, -0.25) is 4.57 Å². The second-order valence-electron chi connectivity index (χ2n) is 14.0. The van der Waals surface area contributed by atoms with Crippen LogP contribution in [0.2, 0.25) is 0 Å². The van der Waals surface area contributed by atoms with Crippen LogP contribution in [0.3, 0.4) is 0 Å². The second kappa shape index (κ2) is 14.2. The summed E-state index contributed by atoms with van der Waals surface area (Å²) < 4.78 is 331. The van der Waals surface area contributed by atoms with Crippen molar-refractivity contribution in [3.05, 3.63) is 234 Å². The molecule has 0 aliphatic heterocycles. The zero-order chi connectivity index (χ0) is 72.8. The van der Waals surface area contributed by atoms with Crippen molar-refractivity contribution < 1.29 is 49.3 Å². The Morgan fingerprint density at radius 2 is 0.937 bits per heavy atom.